The lowest BCUT2D eigenvalue weighted by molar-refractivity contribution is -0.137. The first-order chi connectivity index (χ1) is 14.5. The summed E-state index contributed by atoms with van der Waals surface area (Å²) in [6.07, 6.45) is -4.69. The highest BCUT2D eigenvalue weighted by molar-refractivity contribution is 7.99. The molecule has 0 aliphatic carbocycles. The number of carbonyl (C=O) groups excluding carboxylic acids is 2. The van der Waals surface area contributed by atoms with E-state index in [4.69, 9.17) is 0 Å². The number of hydrogen-bond donors (Lipinski definition) is 2. The second kappa shape index (κ2) is 8.91. The first kappa shape index (κ1) is 23.1. The molecule has 1 aliphatic rings. The first-order valence-electron chi connectivity index (χ1n) is 9.24. The fourth-order valence-corrected chi connectivity index (χ4v) is 5.28. The van der Waals surface area contributed by atoms with E-state index >= 15 is 0 Å². The second-order valence-corrected chi connectivity index (χ2v) is 10.5. The van der Waals surface area contributed by atoms with E-state index in [0.29, 0.717) is 17.9 Å². The fourth-order valence-electron chi connectivity index (χ4n) is 2.96. The van der Waals surface area contributed by atoms with Crippen LogP contribution >= 0.6 is 11.8 Å². The molecular formula is C20H19F3N2O4S2. The zero-order valence-corrected chi connectivity index (χ0v) is 18.0. The van der Waals surface area contributed by atoms with E-state index < -0.39 is 39.2 Å². The van der Waals surface area contributed by atoms with Gasteiger partial charge in [-0.2, -0.15) is 13.2 Å². The maximum atomic E-state index is 12.9. The molecule has 1 heterocycles. The van der Waals surface area contributed by atoms with Crippen molar-refractivity contribution in [2.75, 3.05) is 16.4 Å². The van der Waals surface area contributed by atoms with Crippen LogP contribution in [-0.4, -0.2) is 31.2 Å². The summed E-state index contributed by atoms with van der Waals surface area (Å²) in [5.41, 5.74) is -0.598. The molecule has 31 heavy (non-hydrogen) atoms. The molecule has 0 bridgehead atoms. The number of thioether (sulfide) groups is 1. The van der Waals surface area contributed by atoms with Crippen molar-refractivity contribution < 1.29 is 31.2 Å². The molecule has 0 aromatic heterocycles. The normalized spacial score (nSPS) is 15.4. The van der Waals surface area contributed by atoms with E-state index in [0.717, 1.165) is 23.1 Å². The summed E-state index contributed by atoms with van der Waals surface area (Å²) in [6.45, 7) is 1.35. The van der Waals surface area contributed by atoms with Crippen molar-refractivity contribution in [2.24, 2.45) is 0 Å². The minimum absolute atomic E-state index is 0.0478. The van der Waals surface area contributed by atoms with E-state index in [9.17, 15) is 31.2 Å². The monoisotopic (exact) mass is 472 g/mol. The number of anilines is 2. The van der Waals surface area contributed by atoms with Crippen LogP contribution in [0.5, 0.6) is 0 Å². The predicted octanol–water partition coefficient (Wildman–Crippen LogP) is 4.33. The Balaban J connectivity index is 1.73. The maximum absolute atomic E-state index is 12.9. The molecule has 0 radical (unpaired) electrons. The molecule has 1 aliphatic heterocycles. The van der Waals surface area contributed by atoms with Crippen molar-refractivity contribution in [1.82, 2.24) is 0 Å². The highest BCUT2D eigenvalue weighted by atomic mass is 32.2. The van der Waals surface area contributed by atoms with Gasteiger partial charge in [-0.05, 0) is 43.3 Å². The summed E-state index contributed by atoms with van der Waals surface area (Å²) in [4.78, 5) is 24.7. The van der Waals surface area contributed by atoms with Gasteiger partial charge in [0.2, 0.25) is 11.8 Å². The van der Waals surface area contributed by atoms with Gasteiger partial charge in [-0.25, -0.2) is 8.42 Å². The smallest absolute Gasteiger partial charge is 0.326 e. The average Bonchev–Trinajstić information content (AvgIpc) is 2.87. The molecule has 2 aromatic carbocycles. The maximum Gasteiger partial charge on any atom is 0.416 e. The molecule has 6 nitrogen and oxygen atoms in total. The van der Waals surface area contributed by atoms with Crippen molar-refractivity contribution in [3.63, 3.8) is 0 Å². The number of carbonyl (C=O) groups is 2. The van der Waals surface area contributed by atoms with Gasteiger partial charge in [0.05, 0.1) is 21.4 Å². The van der Waals surface area contributed by atoms with Crippen LogP contribution in [0.15, 0.2) is 52.3 Å². The van der Waals surface area contributed by atoms with E-state index in [1.165, 1.54) is 36.9 Å². The Kier molecular flexibility index (Phi) is 6.65. The van der Waals surface area contributed by atoms with Crippen LogP contribution in [0.2, 0.25) is 0 Å². The minimum Gasteiger partial charge on any atom is -0.326 e. The number of alkyl halides is 3. The number of hydrogen-bond acceptors (Lipinski definition) is 5. The Hall–Kier alpha value is -2.53. The molecule has 2 N–H and O–H groups in total. The number of fused-ring (bicyclic) bond motifs is 1. The standard InChI is InChI=1S/C20H19F3N2O4S2/c1-12(9-19(27)24-14-4-2-3-13(10-14)20(21,22)23)31(28,29)15-5-6-17-16(11-15)25-18(26)7-8-30-17/h2-6,10-12H,7-9H2,1H3,(H,24,27)(H,25,26)/t12-/m1/s1. The van der Waals surface area contributed by atoms with Gasteiger partial charge in [-0.15, -0.1) is 11.8 Å². The summed E-state index contributed by atoms with van der Waals surface area (Å²) >= 11 is 1.43. The van der Waals surface area contributed by atoms with Crippen molar-refractivity contribution in [3.8, 4) is 0 Å². The van der Waals surface area contributed by atoms with Crippen LogP contribution in [0, 0.1) is 0 Å². The molecule has 0 spiro atoms. The van der Waals surface area contributed by atoms with Crippen LogP contribution in [-0.2, 0) is 25.6 Å². The van der Waals surface area contributed by atoms with E-state index in [1.807, 2.05) is 0 Å². The summed E-state index contributed by atoms with van der Waals surface area (Å²) in [6, 6.07) is 8.48. The van der Waals surface area contributed by atoms with Gasteiger partial charge >= 0.3 is 6.18 Å². The Bertz CT molecular complexity index is 1120. The topological polar surface area (TPSA) is 92.3 Å². The van der Waals surface area contributed by atoms with Crippen LogP contribution in [0.25, 0.3) is 0 Å². The van der Waals surface area contributed by atoms with Gasteiger partial charge < -0.3 is 10.6 Å². The molecule has 1 atom stereocenters. The molecular weight excluding hydrogens is 453 g/mol. The number of halogens is 3. The summed E-state index contributed by atoms with van der Waals surface area (Å²) < 4.78 is 64.2. The third-order valence-corrected chi connectivity index (χ3v) is 7.83. The SMILES string of the molecule is C[C@H](CC(=O)Nc1cccc(C(F)(F)F)c1)S(=O)(=O)c1ccc2c(c1)NC(=O)CCS2. The average molecular weight is 473 g/mol. The molecule has 3 rings (SSSR count). The lowest BCUT2D eigenvalue weighted by atomic mass is 10.2. The zero-order valence-electron chi connectivity index (χ0n) is 16.3. The summed E-state index contributed by atoms with van der Waals surface area (Å²) in [5.74, 6) is -0.361. The molecule has 0 unspecified atom stereocenters. The van der Waals surface area contributed by atoms with E-state index in [2.05, 4.69) is 10.6 Å². The Morgan fingerprint density at radius 1 is 1.23 bits per heavy atom. The number of sulfone groups is 1. The number of amides is 2. The zero-order chi connectivity index (χ0) is 22.8. The highest BCUT2D eigenvalue weighted by Crippen LogP contribution is 2.34. The number of benzene rings is 2. The molecule has 11 heteroatoms. The fraction of sp³-hybridized carbons (Fsp3) is 0.300. The Labute approximate surface area is 181 Å². The van der Waals surface area contributed by atoms with Crippen molar-refractivity contribution >= 4 is 44.8 Å². The van der Waals surface area contributed by atoms with E-state index in [-0.39, 0.29) is 16.5 Å². The highest BCUT2D eigenvalue weighted by Gasteiger charge is 2.31. The van der Waals surface area contributed by atoms with Crippen LogP contribution in [0.1, 0.15) is 25.3 Å². The molecule has 166 valence electrons. The predicted molar refractivity (Wildman–Crippen MR) is 112 cm³/mol. The van der Waals surface area contributed by atoms with Gasteiger partial charge in [0.15, 0.2) is 9.84 Å². The van der Waals surface area contributed by atoms with Crippen LogP contribution < -0.4 is 10.6 Å². The van der Waals surface area contributed by atoms with Crippen LogP contribution in [0.4, 0.5) is 24.5 Å². The molecule has 0 fully saturated rings. The minimum atomic E-state index is -4.56. The van der Waals surface area contributed by atoms with Crippen molar-refractivity contribution in [1.29, 1.82) is 0 Å². The van der Waals surface area contributed by atoms with Crippen molar-refractivity contribution in [3.05, 3.63) is 48.0 Å². The van der Waals surface area contributed by atoms with Gasteiger partial charge in [0.1, 0.15) is 0 Å². The number of rotatable bonds is 5. The van der Waals surface area contributed by atoms with Gasteiger partial charge in [-0.3, -0.25) is 9.59 Å². The van der Waals surface area contributed by atoms with Gasteiger partial charge in [0, 0.05) is 29.2 Å². The van der Waals surface area contributed by atoms with Gasteiger partial charge in [-0.1, -0.05) is 6.07 Å². The lowest BCUT2D eigenvalue weighted by Crippen LogP contribution is -2.25. The number of nitrogens with one attached hydrogen (secondary N) is 2. The molecule has 2 aromatic rings. The third-order valence-electron chi connectivity index (χ3n) is 4.62. The summed E-state index contributed by atoms with van der Waals surface area (Å²) in [5, 5.41) is 3.84. The Morgan fingerprint density at radius 3 is 2.68 bits per heavy atom. The van der Waals surface area contributed by atoms with E-state index in [1.54, 1.807) is 6.07 Å². The first-order valence-corrected chi connectivity index (χ1v) is 11.8. The van der Waals surface area contributed by atoms with Crippen molar-refractivity contribution in [2.45, 2.75) is 41.0 Å². The van der Waals surface area contributed by atoms with Gasteiger partial charge in [0.25, 0.3) is 0 Å². The lowest BCUT2D eigenvalue weighted by Gasteiger charge is -2.15. The second-order valence-electron chi connectivity index (χ2n) is 6.99. The summed E-state index contributed by atoms with van der Waals surface area (Å²) in [7, 11) is -3.92. The molecule has 2 amide bonds. The Morgan fingerprint density at radius 2 is 1.97 bits per heavy atom. The van der Waals surface area contributed by atoms with Crippen LogP contribution in [0.3, 0.4) is 0 Å². The third kappa shape index (κ3) is 5.59. The quantitative estimate of drug-likeness (QED) is 0.676. The molecule has 0 saturated carbocycles. The molecule has 0 saturated heterocycles. The largest absolute Gasteiger partial charge is 0.416 e.